The molecule has 1 fully saturated rings. The molecular weight excluding hydrogens is 192 g/mol. The normalized spacial score (nSPS) is 29.3. The average Bonchev–Trinajstić information content (AvgIpc) is 2.17. The Balaban J connectivity index is 2.82. The van der Waals surface area contributed by atoms with Gasteiger partial charge in [0.2, 0.25) is 0 Å². The van der Waals surface area contributed by atoms with Gasteiger partial charge in [0.1, 0.15) is 12.4 Å². The molecule has 0 aromatic rings. The highest BCUT2D eigenvalue weighted by Gasteiger charge is 2.53. The smallest absolute Gasteiger partial charge is 0.169 e. The number of ether oxygens (including phenoxy) is 1. The lowest BCUT2D eigenvalue weighted by Gasteiger charge is -2.45. The fourth-order valence-corrected chi connectivity index (χ4v) is 1.99. The molecule has 0 saturated carbocycles. The molecule has 0 radical (unpaired) electrons. The Kier molecular flexibility index (Phi) is 3.80. The third-order valence-electron chi connectivity index (χ3n) is 3.00. The van der Waals surface area contributed by atoms with Crippen LogP contribution >= 0.6 is 0 Å². The summed E-state index contributed by atoms with van der Waals surface area (Å²) in [4.78, 5) is 22.8. The molecule has 1 aliphatic rings. The first-order valence-electron chi connectivity index (χ1n) is 5.35. The predicted octanol–water partition coefficient (Wildman–Crippen LogP) is 1.91. The zero-order valence-electron chi connectivity index (χ0n) is 9.41. The van der Waals surface area contributed by atoms with Gasteiger partial charge in [0.05, 0.1) is 12.0 Å². The number of rotatable bonds is 6. The third-order valence-corrected chi connectivity index (χ3v) is 3.00. The summed E-state index contributed by atoms with van der Waals surface area (Å²) in [7, 11) is 0. The Morgan fingerprint density at radius 2 is 2.33 bits per heavy atom. The molecule has 15 heavy (non-hydrogen) atoms. The number of allylic oxidation sites excluding steroid dienone is 1. The lowest BCUT2D eigenvalue weighted by Crippen LogP contribution is -2.58. The molecule has 0 aromatic heterocycles. The number of ketones is 1. The standard InChI is InChI=1S/C12H18O3/c1-4-5-6-12(11(14)9(2)3)8-15-10(12)7-13/h7,10H,2,4-6,8H2,1,3H3. The summed E-state index contributed by atoms with van der Waals surface area (Å²) in [5.41, 5.74) is -0.0925. The fraction of sp³-hybridized carbons (Fsp3) is 0.667. The molecule has 0 aromatic carbocycles. The second kappa shape index (κ2) is 4.71. The van der Waals surface area contributed by atoms with Gasteiger partial charge in [0.15, 0.2) is 5.78 Å². The van der Waals surface area contributed by atoms with Gasteiger partial charge in [-0.3, -0.25) is 4.79 Å². The van der Waals surface area contributed by atoms with Gasteiger partial charge < -0.3 is 9.53 Å². The van der Waals surface area contributed by atoms with Gasteiger partial charge in [0, 0.05) is 0 Å². The van der Waals surface area contributed by atoms with Crippen molar-refractivity contribution in [3.63, 3.8) is 0 Å². The molecule has 1 rings (SSSR count). The van der Waals surface area contributed by atoms with E-state index in [1.165, 1.54) is 0 Å². The molecule has 1 aliphatic heterocycles. The molecule has 1 heterocycles. The molecule has 3 heteroatoms. The molecule has 0 spiro atoms. The van der Waals surface area contributed by atoms with E-state index in [1.54, 1.807) is 6.92 Å². The minimum atomic E-state index is -0.608. The molecule has 3 nitrogen and oxygen atoms in total. The third kappa shape index (κ3) is 2.02. The highest BCUT2D eigenvalue weighted by Crippen LogP contribution is 2.41. The van der Waals surface area contributed by atoms with E-state index in [2.05, 4.69) is 13.5 Å². The zero-order valence-corrected chi connectivity index (χ0v) is 9.41. The van der Waals surface area contributed by atoms with Crippen molar-refractivity contribution in [2.24, 2.45) is 5.41 Å². The van der Waals surface area contributed by atoms with Crippen LogP contribution in [-0.2, 0) is 14.3 Å². The maximum Gasteiger partial charge on any atom is 0.169 e. The molecule has 2 atom stereocenters. The van der Waals surface area contributed by atoms with Crippen molar-refractivity contribution in [1.82, 2.24) is 0 Å². The van der Waals surface area contributed by atoms with Crippen molar-refractivity contribution in [1.29, 1.82) is 0 Å². The Bertz CT molecular complexity index is 283. The van der Waals surface area contributed by atoms with Crippen LogP contribution in [0.2, 0.25) is 0 Å². The summed E-state index contributed by atoms with van der Waals surface area (Å²) in [6, 6.07) is 0. The Morgan fingerprint density at radius 1 is 1.67 bits per heavy atom. The minimum absolute atomic E-state index is 0.0145. The van der Waals surface area contributed by atoms with Gasteiger partial charge in [0.25, 0.3) is 0 Å². The quantitative estimate of drug-likeness (QED) is 0.497. The van der Waals surface area contributed by atoms with E-state index in [-0.39, 0.29) is 5.78 Å². The van der Waals surface area contributed by atoms with Crippen molar-refractivity contribution in [3.05, 3.63) is 12.2 Å². The topological polar surface area (TPSA) is 43.4 Å². The number of aldehydes is 1. The highest BCUT2D eigenvalue weighted by molar-refractivity contribution is 6.01. The van der Waals surface area contributed by atoms with Crippen LogP contribution in [0.3, 0.4) is 0 Å². The second-order valence-electron chi connectivity index (χ2n) is 4.24. The maximum absolute atomic E-state index is 12.0. The number of unbranched alkanes of at least 4 members (excludes halogenated alkanes) is 1. The lowest BCUT2D eigenvalue weighted by molar-refractivity contribution is -0.190. The first kappa shape index (κ1) is 12.1. The minimum Gasteiger partial charge on any atom is -0.368 e. The number of carbonyl (C=O) groups excluding carboxylic acids is 2. The fourth-order valence-electron chi connectivity index (χ4n) is 1.99. The van der Waals surface area contributed by atoms with Crippen LogP contribution in [-0.4, -0.2) is 24.8 Å². The van der Waals surface area contributed by atoms with E-state index in [0.29, 0.717) is 12.2 Å². The van der Waals surface area contributed by atoms with Crippen molar-refractivity contribution in [2.75, 3.05) is 6.61 Å². The molecule has 0 bridgehead atoms. The van der Waals surface area contributed by atoms with E-state index in [0.717, 1.165) is 25.5 Å². The largest absolute Gasteiger partial charge is 0.368 e. The molecule has 0 aliphatic carbocycles. The lowest BCUT2D eigenvalue weighted by atomic mass is 9.69. The van der Waals surface area contributed by atoms with Gasteiger partial charge in [-0.25, -0.2) is 0 Å². The maximum atomic E-state index is 12.0. The van der Waals surface area contributed by atoms with Crippen LogP contribution in [0.15, 0.2) is 12.2 Å². The van der Waals surface area contributed by atoms with Gasteiger partial charge in [-0.05, 0) is 18.9 Å². The summed E-state index contributed by atoms with van der Waals surface area (Å²) in [5.74, 6) is -0.0145. The number of hydrogen-bond donors (Lipinski definition) is 0. The van der Waals surface area contributed by atoms with Crippen LogP contribution in [0, 0.1) is 5.41 Å². The van der Waals surface area contributed by atoms with Gasteiger partial charge in [-0.15, -0.1) is 0 Å². The van der Waals surface area contributed by atoms with Crippen molar-refractivity contribution >= 4 is 12.1 Å². The monoisotopic (exact) mass is 210 g/mol. The molecule has 1 saturated heterocycles. The second-order valence-corrected chi connectivity index (χ2v) is 4.24. The van der Waals surface area contributed by atoms with E-state index >= 15 is 0 Å². The van der Waals surface area contributed by atoms with E-state index in [4.69, 9.17) is 4.74 Å². The van der Waals surface area contributed by atoms with Crippen LogP contribution in [0.25, 0.3) is 0 Å². The summed E-state index contributed by atoms with van der Waals surface area (Å²) in [6.07, 6.45) is 2.84. The summed E-state index contributed by atoms with van der Waals surface area (Å²) in [5, 5.41) is 0. The zero-order chi connectivity index (χ0) is 11.5. The van der Waals surface area contributed by atoms with Crippen LogP contribution in [0.4, 0.5) is 0 Å². The van der Waals surface area contributed by atoms with Crippen LogP contribution < -0.4 is 0 Å². The molecule has 84 valence electrons. The van der Waals surface area contributed by atoms with Crippen LogP contribution in [0.1, 0.15) is 33.1 Å². The predicted molar refractivity (Wildman–Crippen MR) is 57.6 cm³/mol. The SMILES string of the molecule is C=C(C)C(=O)C1(CCCC)COC1C=O. The molecular formula is C12H18O3. The van der Waals surface area contributed by atoms with Gasteiger partial charge in [-0.2, -0.15) is 0 Å². The first-order valence-corrected chi connectivity index (χ1v) is 5.35. The Labute approximate surface area is 90.5 Å². The van der Waals surface area contributed by atoms with E-state index in [1.807, 2.05) is 0 Å². The highest BCUT2D eigenvalue weighted by atomic mass is 16.5. The molecule has 2 unspecified atom stereocenters. The molecule has 0 N–H and O–H groups in total. The number of hydrogen-bond acceptors (Lipinski definition) is 3. The van der Waals surface area contributed by atoms with Crippen molar-refractivity contribution < 1.29 is 14.3 Å². The van der Waals surface area contributed by atoms with E-state index < -0.39 is 11.5 Å². The summed E-state index contributed by atoms with van der Waals surface area (Å²) >= 11 is 0. The number of carbonyl (C=O) groups is 2. The van der Waals surface area contributed by atoms with Crippen LogP contribution in [0.5, 0.6) is 0 Å². The van der Waals surface area contributed by atoms with E-state index in [9.17, 15) is 9.59 Å². The van der Waals surface area contributed by atoms with Crippen molar-refractivity contribution in [3.8, 4) is 0 Å². The Hall–Kier alpha value is -0.960. The van der Waals surface area contributed by atoms with Gasteiger partial charge >= 0.3 is 0 Å². The average molecular weight is 210 g/mol. The summed E-state index contributed by atoms with van der Waals surface area (Å²) in [6.45, 7) is 7.78. The first-order chi connectivity index (χ1) is 7.08. The Morgan fingerprint density at radius 3 is 2.67 bits per heavy atom. The number of Topliss-reactive ketones (excluding diaryl/α,β-unsaturated/α-hetero) is 1. The summed E-state index contributed by atoms with van der Waals surface area (Å²) < 4.78 is 5.13. The molecule has 0 amide bonds. The van der Waals surface area contributed by atoms with Crippen molar-refractivity contribution in [2.45, 2.75) is 39.2 Å². The van der Waals surface area contributed by atoms with Gasteiger partial charge in [-0.1, -0.05) is 26.3 Å².